The largest absolute Gasteiger partial charge is 0.457 e. The number of benzene rings is 1. The number of allylic oxidation sites excluding steroid dienone is 6. The minimum absolute atomic E-state index is 0.112. The first kappa shape index (κ1) is 28.7. The quantitative estimate of drug-likeness (QED) is 0.226. The number of alkyl halides is 2. The van der Waals surface area contributed by atoms with Crippen molar-refractivity contribution in [3.8, 4) is 0 Å². The zero-order chi connectivity index (χ0) is 29.0. The second-order valence-corrected chi connectivity index (χ2v) is 12.9. The smallest absolute Gasteiger partial charge is 0.339 e. The number of ketones is 2. The van der Waals surface area contributed by atoms with Gasteiger partial charge in [0.25, 0.3) is 0 Å². The van der Waals surface area contributed by atoms with E-state index in [2.05, 4.69) is 15.9 Å². The first-order chi connectivity index (χ1) is 18.9. The second-order valence-electron chi connectivity index (χ2n) is 11.9. The van der Waals surface area contributed by atoms with Crippen LogP contribution in [0.5, 0.6) is 0 Å². The summed E-state index contributed by atoms with van der Waals surface area (Å²) in [5, 5.41) is 0. The van der Waals surface area contributed by atoms with E-state index in [0.29, 0.717) is 24.0 Å². The van der Waals surface area contributed by atoms with Gasteiger partial charge in [0.1, 0.15) is 6.17 Å². The molecule has 0 spiro atoms. The molecule has 8 heteroatoms. The number of Topliss-reactive ketones (excluding diaryl/α,β-unsaturated/α-hetero) is 1. The third-order valence-electron chi connectivity index (χ3n) is 9.84. The summed E-state index contributed by atoms with van der Waals surface area (Å²) in [5.41, 5.74) is -1.52. The Morgan fingerprint density at radius 3 is 2.50 bits per heavy atom. The standard InChI is InChI=1S/C32H34BrFO6/c1-5-25(37)39-17-24(36)32(40-29(38)19-9-7-6-8-10-19)18(2)15-22-26-21(12-14-31(22,32)4)30(3)13-11-20(35)16-23(30)28(34)27(26)33/h6-13,16,18,22,26-28H,5,14-15,17H2,1-4H3/t18-,22+,26-,27+,28+,30-,31+,32-/m1/s1. The molecule has 0 aromatic heterocycles. The minimum atomic E-state index is -1.60. The third kappa shape index (κ3) is 4.08. The van der Waals surface area contributed by atoms with Gasteiger partial charge in [0.2, 0.25) is 5.78 Å². The summed E-state index contributed by atoms with van der Waals surface area (Å²) >= 11 is 3.65. The summed E-state index contributed by atoms with van der Waals surface area (Å²) in [7, 11) is 0. The van der Waals surface area contributed by atoms with Crippen LogP contribution in [0.4, 0.5) is 4.39 Å². The molecule has 1 aromatic rings. The first-order valence-corrected chi connectivity index (χ1v) is 14.7. The molecular formula is C32H34BrFO6. The highest BCUT2D eigenvalue weighted by Crippen LogP contribution is 2.68. The fourth-order valence-corrected chi connectivity index (χ4v) is 8.74. The molecule has 4 aliphatic carbocycles. The molecule has 0 unspecified atom stereocenters. The Morgan fingerprint density at radius 2 is 1.82 bits per heavy atom. The third-order valence-corrected chi connectivity index (χ3v) is 10.9. The van der Waals surface area contributed by atoms with Gasteiger partial charge in [-0.1, -0.05) is 72.6 Å². The Morgan fingerprint density at radius 1 is 1.12 bits per heavy atom. The van der Waals surface area contributed by atoms with Crippen molar-refractivity contribution in [2.75, 3.05) is 6.61 Å². The van der Waals surface area contributed by atoms with E-state index in [1.54, 1.807) is 43.3 Å². The molecule has 0 saturated heterocycles. The highest BCUT2D eigenvalue weighted by atomic mass is 79.9. The number of fused-ring (bicyclic) bond motifs is 5. The Bertz CT molecular complexity index is 1350. The number of carbonyl (C=O) groups excluding carboxylic acids is 4. The van der Waals surface area contributed by atoms with Crippen LogP contribution in [0.1, 0.15) is 57.3 Å². The van der Waals surface area contributed by atoms with Gasteiger partial charge < -0.3 is 9.47 Å². The Balaban J connectivity index is 1.62. The Labute approximate surface area is 242 Å². The fraction of sp³-hybridized carbons (Fsp3) is 0.500. The van der Waals surface area contributed by atoms with Crippen molar-refractivity contribution in [1.82, 2.24) is 0 Å². The predicted molar refractivity (Wildman–Crippen MR) is 150 cm³/mol. The van der Waals surface area contributed by atoms with Gasteiger partial charge in [-0.15, -0.1) is 0 Å². The molecule has 0 amide bonds. The van der Waals surface area contributed by atoms with Crippen molar-refractivity contribution >= 4 is 39.4 Å². The van der Waals surface area contributed by atoms with Gasteiger partial charge in [-0.05, 0) is 55.5 Å². The normalized spacial score (nSPS) is 37.9. The molecule has 212 valence electrons. The lowest BCUT2D eigenvalue weighted by atomic mass is 9.51. The van der Waals surface area contributed by atoms with Crippen molar-refractivity contribution in [2.24, 2.45) is 28.6 Å². The summed E-state index contributed by atoms with van der Waals surface area (Å²) in [6, 6.07) is 8.49. The van der Waals surface area contributed by atoms with Crippen molar-refractivity contribution in [3.63, 3.8) is 0 Å². The van der Waals surface area contributed by atoms with E-state index in [0.717, 1.165) is 5.57 Å². The molecule has 2 saturated carbocycles. The summed E-state index contributed by atoms with van der Waals surface area (Å²) in [6.45, 7) is 6.89. The van der Waals surface area contributed by atoms with Crippen molar-refractivity contribution < 1.29 is 33.0 Å². The van der Waals surface area contributed by atoms with Gasteiger partial charge in [-0.2, -0.15) is 0 Å². The lowest BCUT2D eigenvalue weighted by molar-refractivity contribution is -0.169. The molecule has 2 fully saturated rings. The molecule has 0 N–H and O–H groups in total. The number of carbonyl (C=O) groups is 4. The first-order valence-electron chi connectivity index (χ1n) is 13.8. The molecule has 0 heterocycles. The zero-order valence-corrected chi connectivity index (χ0v) is 24.7. The number of rotatable bonds is 6. The number of hydrogen-bond donors (Lipinski definition) is 0. The van der Waals surface area contributed by atoms with E-state index in [1.807, 2.05) is 26.8 Å². The minimum Gasteiger partial charge on any atom is -0.457 e. The predicted octanol–water partition coefficient (Wildman–Crippen LogP) is 5.90. The highest BCUT2D eigenvalue weighted by molar-refractivity contribution is 9.09. The lowest BCUT2D eigenvalue weighted by Gasteiger charge is -2.56. The van der Waals surface area contributed by atoms with E-state index < -0.39 is 57.7 Å². The molecule has 0 radical (unpaired) electrons. The average Bonchev–Trinajstić information content (AvgIpc) is 3.17. The Hall–Kier alpha value is -2.87. The van der Waals surface area contributed by atoms with Gasteiger partial charge in [0, 0.05) is 29.1 Å². The number of halogens is 2. The summed E-state index contributed by atoms with van der Waals surface area (Å²) in [6.07, 6.45) is 6.32. The molecule has 40 heavy (non-hydrogen) atoms. The molecule has 4 aliphatic rings. The number of hydrogen-bond acceptors (Lipinski definition) is 6. The van der Waals surface area contributed by atoms with Crippen LogP contribution in [0, 0.1) is 28.6 Å². The van der Waals surface area contributed by atoms with Crippen molar-refractivity contribution in [3.05, 3.63) is 71.3 Å². The second kappa shape index (κ2) is 10.2. The van der Waals surface area contributed by atoms with Gasteiger partial charge in [0.05, 0.1) is 10.4 Å². The number of esters is 2. The lowest BCUT2D eigenvalue weighted by Crippen LogP contribution is -2.61. The zero-order valence-electron chi connectivity index (χ0n) is 23.1. The maximum atomic E-state index is 16.1. The van der Waals surface area contributed by atoms with E-state index >= 15 is 4.39 Å². The van der Waals surface area contributed by atoms with Crippen LogP contribution in [0.2, 0.25) is 0 Å². The molecule has 8 atom stereocenters. The van der Waals surface area contributed by atoms with E-state index in [-0.39, 0.29) is 24.0 Å². The fourth-order valence-electron chi connectivity index (χ4n) is 7.80. The van der Waals surface area contributed by atoms with Crippen molar-refractivity contribution in [1.29, 1.82) is 0 Å². The van der Waals surface area contributed by atoms with Crippen LogP contribution >= 0.6 is 15.9 Å². The van der Waals surface area contributed by atoms with Crippen LogP contribution in [0.3, 0.4) is 0 Å². The van der Waals surface area contributed by atoms with Crippen LogP contribution in [0.25, 0.3) is 0 Å². The van der Waals surface area contributed by atoms with Gasteiger partial charge in [0.15, 0.2) is 18.0 Å². The van der Waals surface area contributed by atoms with E-state index in [1.165, 1.54) is 12.2 Å². The topological polar surface area (TPSA) is 86.7 Å². The number of ether oxygens (including phenoxy) is 2. The maximum absolute atomic E-state index is 16.1. The van der Waals surface area contributed by atoms with Gasteiger partial charge >= 0.3 is 11.9 Å². The van der Waals surface area contributed by atoms with Crippen LogP contribution in [-0.4, -0.2) is 46.7 Å². The van der Waals surface area contributed by atoms with Crippen molar-refractivity contribution in [2.45, 2.75) is 63.6 Å². The van der Waals surface area contributed by atoms with Crippen LogP contribution in [0.15, 0.2) is 65.8 Å². The SMILES string of the molecule is CCC(=O)OCC(=O)[C@]1(OC(=O)c2ccccc2)[C@H](C)C[C@H]2[C@H]3C(=CC[C@@]21C)[C@@]1(C)C=CC(=O)C=C1[C@H](F)[C@H]3Br. The van der Waals surface area contributed by atoms with E-state index in [9.17, 15) is 19.2 Å². The Kier molecular flexibility index (Phi) is 7.30. The molecule has 5 rings (SSSR count). The molecule has 1 aromatic carbocycles. The van der Waals surface area contributed by atoms with E-state index in [4.69, 9.17) is 9.47 Å². The van der Waals surface area contributed by atoms with Gasteiger partial charge in [-0.25, -0.2) is 9.18 Å². The molecular weight excluding hydrogens is 579 g/mol. The van der Waals surface area contributed by atoms with Gasteiger partial charge in [-0.3, -0.25) is 14.4 Å². The summed E-state index contributed by atoms with van der Waals surface area (Å²) in [5.74, 6) is -2.84. The molecule has 0 bridgehead atoms. The molecule has 6 nitrogen and oxygen atoms in total. The van der Waals surface area contributed by atoms with Crippen LogP contribution < -0.4 is 0 Å². The van der Waals surface area contributed by atoms with Crippen LogP contribution in [-0.2, 0) is 23.9 Å². The summed E-state index contributed by atoms with van der Waals surface area (Å²) < 4.78 is 27.7. The maximum Gasteiger partial charge on any atom is 0.339 e. The average molecular weight is 614 g/mol. The summed E-state index contributed by atoms with van der Waals surface area (Å²) in [4.78, 5) is 51.2. The molecule has 0 aliphatic heterocycles. The highest BCUT2D eigenvalue weighted by Gasteiger charge is 2.71. The monoisotopic (exact) mass is 612 g/mol.